The average Bonchev–Trinajstić information content (AvgIpc) is 2.77. The molecule has 0 bridgehead atoms. The van der Waals surface area contributed by atoms with Crippen molar-refractivity contribution in [1.29, 1.82) is 0 Å². The lowest BCUT2D eigenvalue weighted by Crippen LogP contribution is -1.88. The van der Waals surface area contributed by atoms with E-state index in [0.717, 1.165) is 16.9 Å². The smallest absolute Gasteiger partial charge is 0.250 e. The fraction of sp³-hybridized carbons (Fsp3) is 0.167. The van der Waals surface area contributed by atoms with Crippen LogP contribution in [0.5, 0.6) is 5.75 Å². The lowest BCUT2D eigenvalue weighted by atomic mass is 10.1. The molecule has 0 saturated carbocycles. The summed E-state index contributed by atoms with van der Waals surface area (Å²) in [5, 5.41) is 3.86. The number of methoxy groups -OCH3 is 1. The van der Waals surface area contributed by atoms with Crippen LogP contribution in [-0.4, -0.2) is 17.3 Å². The Balaban J connectivity index is 2.40. The van der Waals surface area contributed by atoms with Gasteiger partial charge in [0.1, 0.15) is 5.75 Å². The topological polar surface area (TPSA) is 48.2 Å². The Morgan fingerprint density at radius 3 is 2.81 bits per heavy atom. The number of benzene rings is 1. The number of ether oxygens (including phenoxy) is 1. The molecule has 0 aliphatic rings. The number of hydrogen-bond acceptors (Lipinski definition) is 4. The second-order valence-electron chi connectivity index (χ2n) is 3.34. The van der Waals surface area contributed by atoms with Crippen molar-refractivity contribution >= 4 is 6.08 Å². The van der Waals surface area contributed by atoms with Crippen LogP contribution >= 0.6 is 0 Å². The zero-order valence-corrected chi connectivity index (χ0v) is 9.23. The van der Waals surface area contributed by atoms with Crippen LogP contribution in [0.2, 0.25) is 0 Å². The number of hydrogen-bond donors (Lipinski definition) is 0. The van der Waals surface area contributed by atoms with Gasteiger partial charge in [0.15, 0.2) is 0 Å². The summed E-state index contributed by atoms with van der Waals surface area (Å²) < 4.78 is 10.1. The van der Waals surface area contributed by atoms with Gasteiger partial charge in [0.25, 0.3) is 0 Å². The van der Waals surface area contributed by atoms with Gasteiger partial charge in [0.2, 0.25) is 11.7 Å². The maximum atomic E-state index is 5.18. The van der Waals surface area contributed by atoms with Crippen LogP contribution in [0.15, 0.2) is 29.3 Å². The summed E-state index contributed by atoms with van der Waals surface area (Å²) in [6, 6.07) is 5.73. The summed E-state index contributed by atoms with van der Waals surface area (Å²) in [6.45, 7) is 5.54. The minimum Gasteiger partial charge on any atom is -0.496 e. The third kappa shape index (κ3) is 1.82. The van der Waals surface area contributed by atoms with Crippen molar-refractivity contribution in [3.05, 3.63) is 36.2 Å². The highest BCUT2D eigenvalue weighted by Crippen LogP contribution is 2.24. The Hall–Kier alpha value is -2.10. The highest BCUT2D eigenvalue weighted by molar-refractivity contribution is 5.58. The van der Waals surface area contributed by atoms with Crippen molar-refractivity contribution in [2.45, 2.75) is 6.92 Å². The summed E-state index contributed by atoms with van der Waals surface area (Å²) in [4.78, 5) is 4.16. The highest BCUT2D eigenvalue weighted by atomic mass is 16.5. The van der Waals surface area contributed by atoms with E-state index < -0.39 is 0 Å². The van der Waals surface area contributed by atoms with E-state index in [1.807, 2.05) is 25.1 Å². The predicted molar refractivity (Wildman–Crippen MR) is 61.1 cm³/mol. The van der Waals surface area contributed by atoms with Crippen LogP contribution in [0.3, 0.4) is 0 Å². The van der Waals surface area contributed by atoms with Gasteiger partial charge in [-0.25, -0.2) is 0 Å². The number of aromatic nitrogens is 2. The molecule has 4 heteroatoms. The van der Waals surface area contributed by atoms with Gasteiger partial charge in [-0.15, -0.1) is 0 Å². The lowest BCUT2D eigenvalue weighted by molar-refractivity contribution is 0.410. The summed E-state index contributed by atoms with van der Waals surface area (Å²) in [5.41, 5.74) is 1.93. The molecule has 0 aliphatic heterocycles. The van der Waals surface area contributed by atoms with Crippen molar-refractivity contribution < 1.29 is 9.26 Å². The van der Waals surface area contributed by atoms with E-state index in [4.69, 9.17) is 9.26 Å². The minimum absolute atomic E-state index is 0.420. The Morgan fingerprint density at radius 1 is 1.44 bits per heavy atom. The van der Waals surface area contributed by atoms with Crippen molar-refractivity contribution in [1.82, 2.24) is 10.1 Å². The second-order valence-corrected chi connectivity index (χ2v) is 3.34. The lowest BCUT2D eigenvalue weighted by Gasteiger charge is -2.04. The molecule has 82 valence electrons. The molecule has 0 aliphatic carbocycles. The quantitative estimate of drug-likeness (QED) is 0.791. The Bertz CT molecular complexity index is 517. The monoisotopic (exact) mass is 216 g/mol. The van der Waals surface area contributed by atoms with Crippen LogP contribution in [0.25, 0.3) is 17.5 Å². The van der Waals surface area contributed by atoms with Crippen LogP contribution in [0.1, 0.15) is 11.5 Å². The molecule has 0 N–H and O–H groups in total. The summed E-state index contributed by atoms with van der Waals surface area (Å²) in [5.74, 6) is 1.82. The summed E-state index contributed by atoms with van der Waals surface area (Å²) in [7, 11) is 1.65. The summed E-state index contributed by atoms with van der Waals surface area (Å²) in [6.07, 6.45) is 1.52. The van der Waals surface area contributed by atoms with E-state index in [1.165, 1.54) is 6.08 Å². The van der Waals surface area contributed by atoms with Crippen molar-refractivity contribution in [3.63, 3.8) is 0 Å². The van der Waals surface area contributed by atoms with Gasteiger partial charge in [-0.1, -0.05) is 11.7 Å². The van der Waals surface area contributed by atoms with Crippen molar-refractivity contribution in [2.24, 2.45) is 0 Å². The van der Waals surface area contributed by atoms with E-state index in [2.05, 4.69) is 16.7 Å². The van der Waals surface area contributed by atoms with Gasteiger partial charge in [0, 0.05) is 5.56 Å². The van der Waals surface area contributed by atoms with Gasteiger partial charge in [-0.2, -0.15) is 4.98 Å². The third-order valence-corrected chi connectivity index (χ3v) is 2.27. The molecule has 0 spiro atoms. The molecular formula is C12H12N2O2. The second kappa shape index (κ2) is 4.18. The van der Waals surface area contributed by atoms with Gasteiger partial charge in [-0.05, 0) is 36.8 Å². The van der Waals surface area contributed by atoms with E-state index in [0.29, 0.717) is 11.7 Å². The highest BCUT2D eigenvalue weighted by Gasteiger charge is 2.08. The van der Waals surface area contributed by atoms with Crippen LogP contribution in [-0.2, 0) is 0 Å². The molecule has 0 fully saturated rings. The predicted octanol–water partition coefficient (Wildman–Crippen LogP) is 2.70. The molecular weight excluding hydrogens is 204 g/mol. The largest absolute Gasteiger partial charge is 0.496 e. The SMILES string of the molecule is C=Cc1nc(-c2ccc(OC)c(C)c2)no1. The maximum absolute atomic E-state index is 5.18. The fourth-order valence-electron chi connectivity index (χ4n) is 1.45. The third-order valence-electron chi connectivity index (χ3n) is 2.27. The van der Waals surface area contributed by atoms with Crippen LogP contribution in [0, 0.1) is 6.92 Å². The standard InChI is InChI=1S/C12H12N2O2/c1-4-11-13-12(14-16-11)9-5-6-10(15-3)8(2)7-9/h4-7H,1H2,2-3H3. The van der Waals surface area contributed by atoms with Gasteiger partial charge >= 0.3 is 0 Å². The van der Waals surface area contributed by atoms with Gasteiger partial charge < -0.3 is 9.26 Å². The number of rotatable bonds is 3. The molecule has 2 aromatic rings. The zero-order chi connectivity index (χ0) is 11.5. The molecule has 0 unspecified atom stereocenters. The minimum atomic E-state index is 0.420. The van der Waals surface area contributed by atoms with E-state index in [9.17, 15) is 0 Å². The molecule has 1 heterocycles. The first-order valence-electron chi connectivity index (χ1n) is 4.85. The molecule has 0 amide bonds. The molecule has 16 heavy (non-hydrogen) atoms. The van der Waals surface area contributed by atoms with Gasteiger partial charge in [-0.3, -0.25) is 0 Å². The Morgan fingerprint density at radius 2 is 2.25 bits per heavy atom. The van der Waals surface area contributed by atoms with Crippen LogP contribution < -0.4 is 4.74 Å². The van der Waals surface area contributed by atoms with Crippen molar-refractivity contribution in [2.75, 3.05) is 7.11 Å². The molecule has 0 radical (unpaired) electrons. The molecule has 2 rings (SSSR count). The van der Waals surface area contributed by atoms with Crippen LogP contribution in [0.4, 0.5) is 0 Å². The maximum Gasteiger partial charge on any atom is 0.250 e. The van der Waals surface area contributed by atoms with Gasteiger partial charge in [0.05, 0.1) is 7.11 Å². The Kier molecular flexibility index (Phi) is 2.72. The first kappa shape index (κ1) is 10.4. The number of aryl methyl sites for hydroxylation is 1. The van der Waals surface area contributed by atoms with Crippen molar-refractivity contribution in [3.8, 4) is 17.1 Å². The normalized spacial score (nSPS) is 10.1. The molecule has 1 aromatic carbocycles. The first-order valence-corrected chi connectivity index (χ1v) is 4.85. The molecule has 0 atom stereocenters. The number of nitrogens with zero attached hydrogens (tertiary/aromatic N) is 2. The first-order chi connectivity index (χ1) is 7.74. The molecule has 0 saturated heterocycles. The van der Waals surface area contributed by atoms with E-state index in [1.54, 1.807) is 7.11 Å². The average molecular weight is 216 g/mol. The van der Waals surface area contributed by atoms with E-state index >= 15 is 0 Å². The Labute approximate surface area is 93.6 Å². The summed E-state index contributed by atoms with van der Waals surface area (Å²) >= 11 is 0. The zero-order valence-electron chi connectivity index (χ0n) is 9.23. The molecule has 4 nitrogen and oxygen atoms in total. The fourth-order valence-corrected chi connectivity index (χ4v) is 1.45. The molecule has 1 aromatic heterocycles. The van der Waals surface area contributed by atoms with E-state index in [-0.39, 0.29) is 0 Å².